The third-order valence-corrected chi connectivity index (χ3v) is 5.36. The second-order valence-corrected chi connectivity index (χ2v) is 7.56. The number of sulfonamides is 1. The van der Waals surface area contributed by atoms with Crippen LogP contribution in [0.25, 0.3) is 5.76 Å². The van der Waals surface area contributed by atoms with Crippen molar-refractivity contribution < 1.29 is 18.1 Å². The highest BCUT2D eigenvalue weighted by molar-refractivity contribution is 7.89. The molecule has 1 heterocycles. The van der Waals surface area contributed by atoms with Gasteiger partial charge < -0.3 is 4.74 Å². The van der Waals surface area contributed by atoms with E-state index in [1.807, 2.05) is 0 Å². The zero-order chi connectivity index (χ0) is 16.4. The molecule has 1 fully saturated rings. The van der Waals surface area contributed by atoms with Crippen molar-refractivity contribution in [3.8, 4) is 0 Å². The Balaban J connectivity index is 1.92. The first-order chi connectivity index (χ1) is 11.0. The average Bonchev–Trinajstić information content (AvgIpc) is 3.37. The van der Waals surface area contributed by atoms with Crippen LogP contribution in [0.5, 0.6) is 0 Å². The normalized spacial score (nSPS) is 18.2. The Bertz CT molecular complexity index is 753. The van der Waals surface area contributed by atoms with Crippen LogP contribution in [-0.2, 0) is 14.8 Å². The van der Waals surface area contributed by atoms with Gasteiger partial charge in [0.1, 0.15) is 5.76 Å². The number of allylic oxidation sites excluding steroid dienone is 1. The molecule has 0 bridgehead atoms. The summed E-state index contributed by atoms with van der Waals surface area (Å²) in [6.07, 6.45) is 5.50. The summed E-state index contributed by atoms with van der Waals surface area (Å²) in [4.78, 5) is 10.7. The van der Waals surface area contributed by atoms with Crippen molar-refractivity contribution in [2.45, 2.75) is 30.6 Å². The van der Waals surface area contributed by atoms with Crippen LogP contribution < -0.4 is 4.72 Å². The lowest BCUT2D eigenvalue weighted by Crippen LogP contribution is -2.26. The topological polar surface area (TPSA) is 98.5 Å². The second-order valence-electron chi connectivity index (χ2n) is 5.79. The fraction of sp³-hybridized carbons (Fsp3) is 0.467. The molecule has 0 aromatic heterocycles. The van der Waals surface area contributed by atoms with E-state index in [2.05, 4.69) is 4.72 Å². The molecule has 1 aliphatic heterocycles. The predicted octanol–water partition coefficient (Wildman–Crippen LogP) is 2.43. The molecule has 2 aliphatic rings. The maximum absolute atomic E-state index is 12.2. The van der Waals surface area contributed by atoms with E-state index in [9.17, 15) is 18.5 Å². The van der Waals surface area contributed by atoms with Gasteiger partial charge in [0.2, 0.25) is 10.0 Å². The first kappa shape index (κ1) is 15.9. The minimum absolute atomic E-state index is 0.0926. The summed E-state index contributed by atoms with van der Waals surface area (Å²) in [5.41, 5.74) is 0.0586. The van der Waals surface area contributed by atoms with Crippen LogP contribution >= 0.6 is 0 Å². The Labute approximate surface area is 134 Å². The molecule has 1 saturated carbocycles. The maximum atomic E-state index is 12.2. The maximum Gasteiger partial charge on any atom is 0.281 e. The zero-order valence-electron chi connectivity index (χ0n) is 12.5. The van der Waals surface area contributed by atoms with Gasteiger partial charge in [0.25, 0.3) is 5.69 Å². The predicted molar refractivity (Wildman–Crippen MR) is 84.2 cm³/mol. The number of rotatable bonds is 6. The van der Waals surface area contributed by atoms with E-state index in [4.69, 9.17) is 4.74 Å². The van der Waals surface area contributed by atoms with E-state index in [-0.39, 0.29) is 10.6 Å². The van der Waals surface area contributed by atoms with E-state index < -0.39 is 14.9 Å². The molecule has 124 valence electrons. The summed E-state index contributed by atoms with van der Waals surface area (Å²) in [5, 5.41) is 11.3. The monoisotopic (exact) mass is 338 g/mol. The number of hydrogen-bond acceptors (Lipinski definition) is 5. The summed E-state index contributed by atoms with van der Waals surface area (Å²) in [6, 6.07) is 3.93. The molecule has 0 radical (unpaired) electrons. The first-order valence-corrected chi connectivity index (χ1v) is 9.07. The quantitative estimate of drug-likeness (QED) is 0.634. The van der Waals surface area contributed by atoms with Crippen molar-refractivity contribution in [3.63, 3.8) is 0 Å². The van der Waals surface area contributed by atoms with Crippen LogP contribution in [0.15, 0.2) is 29.2 Å². The van der Waals surface area contributed by atoms with Crippen LogP contribution in [0.1, 0.15) is 31.2 Å². The van der Waals surface area contributed by atoms with Gasteiger partial charge in [-0.2, -0.15) is 0 Å². The van der Waals surface area contributed by atoms with Crippen LogP contribution in [0.4, 0.5) is 5.69 Å². The molecule has 7 nitrogen and oxygen atoms in total. The number of ether oxygens (including phenoxy) is 1. The largest absolute Gasteiger partial charge is 0.493 e. The van der Waals surface area contributed by atoms with Gasteiger partial charge in [0.15, 0.2) is 0 Å². The fourth-order valence-electron chi connectivity index (χ4n) is 2.42. The molecule has 0 atom stereocenters. The van der Waals surface area contributed by atoms with Crippen LogP contribution in [0.3, 0.4) is 0 Å². The van der Waals surface area contributed by atoms with E-state index in [0.717, 1.165) is 31.7 Å². The number of nitro groups is 1. The second kappa shape index (κ2) is 6.29. The molecular weight excluding hydrogens is 320 g/mol. The standard InChI is InChI=1S/C15H18N2O5S/c18-17(19)14-9-12(23(20,21)16-10-11-4-5-11)6-7-13(14)15-3-1-2-8-22-15/h3,6-7,9,11,16H,1-2,4-5,8,10H2. The summed E-state index contributed by atoms with van der Waals surface area (Å²) in [7, 11) is -3.73. The molecule has 1 aliphatic carbocycles. The molecule has 23 heavy (non-hydrogen) atoms. The molecule has 1 N–H and O–H groups in total. The third kappa shape index (κ3) is 3.70. The Morgan fingerprint density at radius 1 is 1.35 bits per heavy atom. The van der Waals surface area contributed by atoms with Gasteiger partial charge in [0.05, 0.1) is 22.0 Å². The van der Waals surface area contributed by atoms with Crippen molar-refractivity contribution in [2.75, 3.05) is 13.2 Å². The average molecular weight is 338 g/mol. The van der Waals surface area contributed by atoms with Gasteiger partial charge in [-0.15, -0.1) is 0 Å². The number of nitro benzene ring substituents is 1. The van der Waals surface area contributed by atoms with E-state index >= 15 is 0 Å². The van der Waals surface area contributed by atoms with Crippen LogP contribution in [0.2, 0.25) is 0 Å². The van der Waals surface area contributed by atoms with Gasteiger partial charge in [-0.25, -0.2) is 13.1 Å². The Morgan fingerprint density at radius 2 is 2.13 bits per heavy atom. The van der Waals surface area contributed by atoms with Gasteiger partial charge in [-0.1, -0.05) is 0 Å². The molecule has 1 aromatic rings. The van der Waals surface area contributed by atoms with E-state index in [1.54, 1.807) is 6.08 Å². The van der Waals surface area contributed by atoms with E-state index in [0.29, 0.717) is 30.4 Å². The van der Waals surface area contributed by atoms with Gasteiger partial charge in [-0.05, 0) is 49.8 Å². The summed E-state index contributed by atoms with van der Waals surface area (Å²) < 4.78 is 32.5. The number of nitrogens with zero attached hydrogens (tertiary/aromatic N) is 1. The molecule has 0 spiro atoms. The Morgan fingerprint density at radius 3 is 2.74 bits per heavy atom. The molecular formula is C15H18N2O5S. The van der Waals surface area contributed by atoms with Crippen molar-refractivity contribution in [1.29, 1.82) is 0 Å². The molecule has 0 unspecified atom stereocenters. The Kier molecular flexibility index (Phi) is 4.36. The molecule has 0 saturated heterocycles. The number of hydrogen-bond donors (Lipinski definition) is 1. The molecule has 1 aromatic carbocycles. The van der Waals surface area contributed by atoms with Crippen LogP contribution in [0, 0.1) is 16.0 Å². The molecule has 3 rings (SSSR count). The lowest BCUT2D eigenvalue weighted by atomic mass is 10.1. The van der Waals surface area contributed by atoms with Gasteiger partial charge >= 0.3 is 0 Å². The van der Waals surface area contributed by atoms with Crippen molar-refractivity contribution in [1.82, 2.24) is 4.72 Å². The highest BCUT2D eigenvalue weighted by atomic mass is 32.2. The zero-order valence-corrected chi connectivity index (χ0v) is 13.3. The minimum atomic E-state index is -3.73. The highest BCUT2D eigenvalue weighted by Crippen LogP contribution is 2.32. The van der Waals surface area contributed by atoms with Gasteiger partial charge in [0, 0.05) is 12.6 Å². The lowest BCUT2D eigenvalue weighted by molar-refractivity contribution is -0.385. The van der Waals surface area contributed by atoms with E-state index in [1.165, 1.54) is 12.1 Å². The minimum Gasteiger partial charge on any atom is -0.493 e. The molecule has 8 heteroatoms. The van der Waals surface area contributed by atoms with Gasteiger partial charge in [-0.3, -0.25) is 10.1 Å². The highest BCUT2D eigenvalue weighted by Gasteiger charge is 2.27. The lowest BCUT2D eigenvalue weighted by Gasteiger charge is -2.15. The summed E-state index contributed by atoms with van der Waals surface area (Å²) >= 11 is 0. The number of nitrogens with one attached hydrogen (secondary N) is 1. The van der Waals surface area contributed by atoms with Crippen molar-refractivity contribution in [2.24, 2.45) is 5.92 Å². The summed E-state index contributed by atoms with van der Waals surface area (Å²) in [6.45, 7) is 0.887. The first-order valence-electron chi connectivity index (χ1n) is 7.59. The molecule has 0 amide bonds. The smallest absolute Gasteiger partial charge is 0.281 e. The van der Waals surface area contributed by atoms with Crippen LogP contribution in [-0.4, -0.2) is 26.5 Å². The van der Waals surface area contributed by atoms with Crippen molar-refractivity contribution >= 4 is 21.5 Å². The number of benzene rings is 1. The Hall–Kier alpha value is -1.93. The summed E-state index contributed by atoms with van der Waals surface area (Å²) in [5.74, 6) is 0.831. The fourth-order valence-corrected chi connectivity index (χ4v) is 3.55. The van der Waals surface area contributed by atoms with Crippen molar-refractivity contribution in [3.05, 3.63) is 40.0 Å². The SMILES string of the molecule is O=[N+]([O-])c1cc(S(=O)(=O)NCC2CC2)ccc1C1=CCCCO1. The third-order valence-electron chi connectivity index (χ3n) is 3.94.